The van der Waals surface area contributed by atoms with Crippen LogP contribution in [0.15, 0.2) is 30.5 Å². The first-order chi connectivity index (χ1) is 8.70. The first-order valence-corrected chi connectivity index (χ1v) is 6.82. The third kappa shape index (κ3) is 3.08. The molecule has 1 unspecified atom stereocenters. The summed E-state index contributed by atoms with van der Waals surface area (Å²) in [6.45, 7) is 4.26. The molecule has 2 N–H and O–H groups in total. The number of hydrogen-bond donors (Lipinski definition) is 1. The smallest absolute Gasteiger partial charge is 0.0497 e. The largest absolute Gasteiger partial charge is 0.328 e. The monoisotopic (exact) mass is 242 g/mol. The van der Waals surface area contributed by atoms with Crippen molar-refractivity contribution in [1.82, 2.24) is 4.98 Å². The Morgan fingerprint density at radius 2 is 2.11 bits per heavy atom. The molecule has 1 atom stereocenters. The minimum atomic E-state index is 0.155. The van der Waals surface area contributed by atoms with Gasteiger partial charge in [-0.25, -0.2) is 0 Å². The lowest BCUT2D eigenvalue weighted by Crippen LogP contribution is -2.18. The normalized spacial score (nSPS) is 12.8. The van der Waals surface area contributed by atoms with Crippen molar-refractivity contribution in [3.63, 3.8) is 0 Å². The van der Waals surface area contributed by atoms with E-state index in [9.17, 15) is 0 Å². The summed E-state index contributed by atoms with van der Waals surface area (Å²) in [5.41, 5.74) is 8.43. The van der Waals surface area contributed by atoms with E-state index in [0.717, 1.165) is 18.5 Å². The Balaban J connectivity index is 2.38. The van der Waals surface area contributed by atoms with Crippen molar-refractivity contribution < 1.29 is 0 Å². The first-order valence-electron chi connectivity index (χ1n) is 6.82. The van der Waals surface area contributed by atoms with Gasteiger partial charge in [-0.1, -0.05) is 25.5 Å². The Bertz CT molecular complexity index is 517. The third-order valence-electron chi connectivity index (χ3n) is 3.25. The molecule has 96 valence electrons. The number of aryl methyl sites for hydroxylation is 1. The molecule has 2 rings (SSSR count). The molecule has 18 heavy (non-hydrogen) atoms. The number of nitrogens with two attached hydrogens (primary N) is 1. The highest BCUT2D eigenvalue weighted by Gasteiger charge is 2.06. The van der Waals surface area contributed by atoms with Crippen molar-refractivity contribution in [1.29, 1.82) is 0 Å². The van der Waals surface area contributed by atoms with Gasteiger partial charge in [0.2, 0.25) is 0 Å². The van der Waals surface area contributed by atoms with Gasteiger partial charge < -0.3 is 5.73 Å². The summed E-state index contributed by atoms with van der Waals surface area (Å²) in [4.78, 5) is 4.49. The number of pyridine rings is 1. The van der Waals surface area contributed by atoms with E-state index in [1.165, 1.54) is 29.2 Å². The number of rotatable bonds is 5. The second-order valence-electron chi connectivity index (χ2n) is 5.10. The number of nitrogens with zero attached hydrogens (tertiary/aromatic N) is 1. The van der Waals surface area contributed by atoms with E-state index in [4.69, 9.17) is 5.73 Å². The minimum Gasteiger partial charge on any atom is -0.328 e. The Morgan fingerprint density at radius 3 is 2.83 bits per heavy atom. The molecule has 0 fully saturated rings. The van der Waals surface area contributed by atoms with E-state index in [1.54, 1.807) is 0 Å². The summed E-state index contributed by atoms with van der Waals surface area (Å²) < 4.78 is 0. The molecule has 1 heterocycles. The lowest BCUT2D eigenvalue weighted by Gasteiger charge is -2.09. The van der Waals surface area contributed by atoms with Gasteiger partial charge in [0.15, 0.2) is 0 Å². The number of benzene rings is 1. The van der Waals surface area contributed by atoms with Crippen LogP contribution in [-0.2, 0) is 12.8 Å². The molecule has 0 spiro atoms. The fraction of sp³-hybridized carbons (Fsp3) is 0.438. The quantitative estimate of drug-likeness (QED) is 0.872. The van der Waals surface area contributed by atoms with Gasteiger partial charge >= 0.3 is 0 Å². The van der Waals surface area contributed by atoms with Crippen molar-refractivity contribution in [2.75, 3.05) is 0 Å². The molecule has 0 amide bonds. The van der Waals surface area contributed by atoms with Gasteiger partial charge in [-0.05, 0) is 42.8 Å². The molecule has 0 aliphatic heterocycles. The second kappa shape index (κ2) is 5.96. The zero-order chi connectivity index (χ0) is 13.0. The molecule has 0 radical (unpaired) electrons. The van der Waals surface area contributed by atoms with Crippen molar-refractivity contribution in [2.24, 2.45) is 5.73 Å². The van der Waals surface area contributed by atoms with Gasteiger partial charge in [0, 0.05) is 29.7 Å². The van der Waals surface area contributed by atoms with Crippen LogP contribution in [0, 0.1) is 0 Å². The lowest BCUT2D eigenvalue weighted by molar-refractivity contribution is 0.727. The molecular weight excluding hydrogens is 220 g/mol. The van der Waals surface area contributed by atoms with Gasteiger partial charge in [-0.15, -0.1) is 0 Å². The molecule has 2 aromatic rings. The predicted molar refractivity (Wildman–Crippen MR) is 77.7 cm³/mol. The van der Waals surface area contributed by atoms with Gasteiger partial charge in [0.05, 0.1) is 0 Å². The van der Waals surface area contributed by atoms with E-state index >= 15 is 0 Å². The SMILES string of the molecule is CCCCc1ccc2ccnc(CC(C)N)c2c1. The van der Waals surface area contributed by atoms with Crippen LogP contribution in [0.3, 0.4) is 0 Å². The molecule has 1 aromatic heterocycles. The molecule has 0 bridgehead atoms. The fourth-order valence-corrected chi connectivity index (χ4v) is 2.28. The van der Waals surface area contributed by atoms with Crippen molar-refractivity contribution in [2.45, 2.75) is 45.6 Å². The summed E-state index contributed by atoms with van der Waals surface area (Å²) in [6, 6.07) is 8.95. The lowest BCUT2D eigenvalue weighted by atomic mass is 10.0. The van der Waals surface area contributed by atoms with Crippen LogP contribution in [0.5, 0.6) is 0 Å². The molecular formula is C16H22N2. The topological polar surface area (TPSA) is 38.9 Å². The van der Waals surface area contributed by atoms with Gasteiger partial charge in [-0.3, -0.25) is 4.98 Å². The molecule has 2 nitrogen and oxygen atoms in total. The van der Waals surface area contributed by atoms with Crippen LogP contribution in [0.25, 0.3) is 10.8 Å². The van der Waals surface area contributed by atoms with Crippen LogP contribution in [0.4, 0.5) is 0 Å². The molecule has 0 saturated carbocycles. The van der Waals surface area contributed by atoms with Gasteiger partial charge in [0.1, 0.15) is 0 Å². The van der Waals surface area contributed by atoms with Crippen molar-refractivity contribution in [3.8, 4) is 0 Å². The maximum atomic E-state index is 5.89. The fourth-order valence-electron chi connectivity index (χ4n) is 2.28. The zero-order valence-corrected chi connectivity index (χ0v) is 11.3. The first kappa shape index (κ1) is 13.0. The predicted octanol–water partition coefficient (Wildman–Crippen LogP) is 3.47. The summed E-state index contributed by atoms with van der Waals surface area (Å²) in [5, 5.41) is 2.53. The van der Waals surface area contributed by atoms with Crippen LogP contribution in [0.2, 0.25) is 0 Å². The number of fused-ring (bicyclic) bond motifs is 1. The van der Waals surface area contributed by atoms with Crippen LogP contribution >= 0.6 is 0 Å². The van der Waals surface area contributed by atoms with E-state index in [-0.39, 0.29) is 6.04 Å². The summed E-state index contributed by atoms with van der Waals surface area (Å²) >= 11 is 0. The number of aromatic nitrogens is 1. The molecule has 0 aliphatic rings. The van der Waals surface area contributed by atoms with E-state index in [1.807, 2.05) is 13.1 Å². The third-order valence-corrected chi connectivity index (χ3v) is 3.25. The average molecular weight is 242 g/mol. The van der Waals surface area contributed by atoms with Crippen LogP contribution in [-0.4, -0.2) is 11.0 Å². The second-order valence-corrected chi connectivity index (χ2v) is 5.10. The highest BCUT2D eigenvalue weighted by Crippen LogP contribution is 2.20. The van der Waals surface area contributed by atoms with Gasteiger partial charge in [-0.2, -0.15) is 0 Å². The number of unbranched alkanes of at least 4 members (excludes halogenated alkanes) is 1. The standard InChI is InChI=1S/C16H22N2/c1-3-4-5-13-6-7-14-8-9-18-16(10-12(2)17)15(14)11-13/h6-9,11-12H,3-5,10,17H2,1-2H3. The van der Waals surface area contributed by atoms with E-state index in [2.05, 4.69) is 36.2 Å². The summed E-state index contributed by atoms with van der Waals surface area (Å²) in [5.74, 6) is 0. The van der Waals surface area contributed by atoms with Gasteiger partial charge in [0.25, 0.3) is 0 Å². The highest BCUT2D eigenvalue weighted by atomic mass is 14.7. The summed E-state index contributed by atoms with van der Waals surface area (Å²) in [7, 11) is 0. The Hall–Kier alpha value is -1.41. The number of hydrogen-bond acceptors (Lipinski definition) is 2. The highest BCUT2D eigenvalue weighted by molar-refractivity contribution is 5.85. The van der Waals surface area contributed by atoms with E-state index in [0.29, 0.717) is 0 Å². The molecule has 0 aliphatic carbocycles. The average Bonchev–Trinajstić information content (AvgIpc) is 2.36. The van der Waals surface area contributed by atoms with Crippen molar-refractivity contribution in [3.05, 3.63) is 41.7 Å². The molecule has 2 heteroatoms. The maximum absolute atomic E-state index is 5.89. The molecule has 0 saturated heterocycles. The Morgan fingerprint density at radius 1 is 1.28 bits per heavy atom. The minimum absolute atomic E-state index is 0.155. The van der Waals surface area contributed by atoms with Crippen LogP contribution < -0.4 is 5.73 Å². The zero-order valence-electron chi connectivity index (χ0n) is 11.3. The van der Waals surface area contributed by atoms with Crippen molar-refractivity contribution >= 4 is 10.8 Å². The Labute approximate surface area is 109 Å². The van der Waals surface area contributed by atoms with E-state index < -0.39 is 0 Å². The molecule has 1 aromatic carbocycles. The van der Waals surface area contributed by atoms with Crippen LogP contribution in [0.1, 0.15) is 37.9 Å². The maximum Gasteiger partial charge on any atom is 0.0497 e. The summed E-state index contributed by atoms with van der Waals surface area (Å²) in [6.07, 6.45) is 6.35. The Kier molecular flexibility index (Phi) is 4.32.